The number of hydrogen-bond donors (Lipinski definition) is 1. The Balaban J connectivity index is 1.42. The third-order valence-corrected chi connectivity index (χ3v) is 6.27. The number of anilines is 2. The van der Waals surface area contributed by atoms with Gasteiger partial charge in [0, 0.05) is 68.0 Å². The number of benzene rings is 2. The molecule has 0 spiro atoms. The molecule has 4 rings (SSSR count). The fraction of sp³-hybridized carbons (Fsp3) is 0.308. The van der Waals surface area contributed by atoms with Crippen molar-refractivity contribution in [2.24, 2.45) is 0 Å². The normalized spacial score (nSPS) is 13.7. The minimum atomic E-state index is -0.499. The SMILES string of the molecule is COc1ccc(N2CCN(Cc3cc(=O)c(OC)cn3CC(=O)Nc3ccc([N+](=O)[O-])cc3)CC2)cc1. The van der Waals surface area contributed by atoms with E-state index in [1.54, 1.807) is 17.9 Å². The number of nitrogens with one attached hydrogen (secondary N) is 1. The Bertz CT molecular complexity index is 1300. The molecule has 0 aliphatic carbocycles. The van der Waals surface area contributed by atoms with Gasteiger partial charge >= 0.3 is 0 Å². The van der Waals surface area contributed by atoms with Crippen molar-refractivity contribution in [2.75, 3.05) is 50.6 Å². The molecule has 0 bridgehead atoms. The average molecular weight is 508 g/mol. The van der Waals surface area contributed by atoms with E-state index in [4.69, 9.17) is 9.47 Å². The summed E-state index contributed by atoms with van der Waals surface area (Å²) in [5, 5.41) is 13.6. The molecule has 1 N–H and O–H groups in total. The highest BCUT2D eigenvalue weighted by molar-refractivity contribution is 5.90. The van der Waals surface area contributed by atoms with Crippen LogP contribution in [-0.2, 0) is 17.9 Å². The maximum absolute atomic E-state index is 12.8. The van der Waals surface area contributed by atoms with Gasteiger partial charge in [-0.15, -0.1) is 0 Å². The average Bonchev–Trinajstić information content (AvgIpc) is 2.91. The lowest BCUT2D eigenvalue weighted by atomic mass is 10.2. The molecule has 1 amide bonds. The maximum atomic E-state index is 12.8. The Hall–Kier alpha value is -4.38. The first-order chi connectivity index (χ1) is 17.9. The number of nitro benzene ring substituents is 1. The number of carbonyl (C=O) groups is 1. The lowest BCUT2D eigenvalue weighted by Gasteiger charge is -2.36. The summed E-state index contributed by atoms with van der Waals surface area (Å²) < 4.78 is 12.1. The molecular formula is C26H29N5O6. The number of ether oxygens (including phenoxy) is 2. The van der Waals surface area contributed by atoms with Crippen LogP contribution in [0.15, 0.2) is 65.6 Å². The second-order valence-corrected chi connectivity index (χ2v) is 8.64. The van der Waals surface area contributed by atoms with Crippen molar-refractivity contribution in [3.05, 3.63) is 86.8 Å². The first kappa shape index (κ1) is 25.7. The molecule has 0 atom stereocenters. The molecule has 1 saturated heterocycles. The van der Waals surface area contributed by atoms with Gasteiger partial charge in [-0.2, -0.15) is 0 Å². The Morgan fingerprint density at radius 3 is 2.27 bits per heavy atom. The number of nitro groups is 1. The highest BCUT2D eigenvalue weighted by atomic mass is 16.6. The summed E-state index contributed by atoms with van der Waals surface area (Å²) in [5.74, 6) is 0.638. The molecule has 194 valence electrons. The van der Waals surface area contributed by atoms with Crippen LogP contribution in [0.25, 0.3) is 0 Å². The predicted molar refractivity (Wildman–Crippen MR) is 139 cm³/mol. The Kier molecular flexibility index (Phi) is 8.04. The van der Waals surface area contributed by atoms with E-state index in [0.29, 0.717) is 17.9 Å². The van der Waals surface area contributed by atoms with Gasteiger partial charge in [0.25, 0.3) is 5.69 Å². The molecular weight excluding hydrogens is 478 g/mol. The van der Waals surface area contributed by atoms with Gasteiger partial charge in [-0.3, -0.25) is 24.6 Å². The molecule has 0 radical (unpaired) electrons. The van der Waals surface area contributed by atoms with Crippen LogP contribution in [0.5, 0.6) is 11.5 Å². The van der Waals surface area contributed by atoms with E-state index in [1.807, 2.05) is 24.3 Å². The number of pyridine rings is 1. The molecule has 1 aliphatic rings. The van der Waals surface area contributed by atoms with Crippen molar-refractivity contribution in [3.8, 4) is 11.5 Å². The first-order valence-electron chi connectivity index (χ1n) is 11.8. The molecule has 1 aromatic heterocycles. The lowest BCUT2D eigenvalue weighted by molar-refractivity contribution is -0.384. The van der Waals surface area contributed by atoms with Crippen LogP contribution in [0.3, 0.4) is 0 Å². The quantitative estimate of drug-likeness (QED) is 0.347. The predicted octanol–water partition coefficient (Wildman–Crippen LogP) is 2.73. The number of aromatic nitrogens is 1. The molecule has 11 nitrogen and oxygen atoms in total. The summed E-state index contributed by atoms with van der Waals surface area (Å²) in [6.07, 6.45) is 1.54. The molecule has 0 unspecified atom stereocenters. The standard InChI is InChI=1S/C26H29N5O6/c1-36-23-9-7-20(8-10-23)29-13-11-28(12-14-29)16-22-15-24(32)25(37-2)17-30(22)18-26(33)27-19-3-5-21(6-4-19)31(34)35/h3-10,15,17H,11-14,16,18H2,1-2H3,(H,27,33). The fourth-order valence-electron chi connectivity index (χ4n) is 4.24. The summed E-state index contributed by atoms with van der Waals surface area (Å²) in [4.78, 5) is 40.1. The third kappa shape index (κ3) is 6.44. The number of piperazine rings is 1. The highest BCUT2D eigenvalue weighted by Gasteiger charge is 2.20. The number of amides is 1. The van der Waals surface area contributed by atoms with Gasteiger partial charge in [0.15, 0.2) is 5.75 Å². The Morgan fingerprint density at radius 2 is 1.68 bits per heavy atom. The molecule has 2 heterocycles. The van der Waals surface area contributed by atoms with E-state index in [1.165, 1.54) is 37.4 Å². The Morgan fingerprint density at radius 1 is 1.00 bits per heavy atom. The van der Waals surface area contributed by atoms with Crippen LogP contribution in [-0.4, -0.2) is 60.7 Å². The summed E-state index contributed by atoms with van der Waals surface area (Å²) in [5.41, 5.74) is 1.96. The summed E-state index contributed by atoms with van der Waals surface area (Å²) in [6, 6.07) is 15.1. The van der Waals surface area contributed by atoms with Gasteiger partial charge in [-0.25, -0.2) is 0 Å². The van der Waals surface area contributed by atoms with Crippen molar-refractivity contribution in [1.29, 1.82) is 0 Å². The van der Waals surface area contributed by atoms with E-state index in [9.17, 15) is 19.7 Å². The second-order valence-electron chi connectivity index (χ2n) is 8.64. The topological polar surface area (TPSA) is 119 Å². The first-order valence-corrected chi connectivity index (χ1v) is 11.8. The van der Waals surface area contributed by atoms with Crippen LogP contribution in [0.4, 0.5) is 17.1 Å². The zero-order chi connectivity index (χ0) is 26.4. The van der Waals surface area contributed by atoms with Crippen molar-refractivity contribution in [3.63, 3.8) is 0 Å². The number of non-ortho nitro benzene ring substituents is 1. The van der Waals surface area contributed by atoms with Crippen molar-refractivity contribution in [2.45, 2.75) is 13.1 Å². The Labute approximate surface area is 214 Å². The minimum absolute atomic E-state index is 0.0469. The van der Waals surface area contributed by atoms with Gasteiger partial charge < -0.3 is 24.3 Å². The van der Waals surface area contributed by atoms with Crippen LogP contribution < -0.4 is 25.1 Å². The monoisotopic (exact) mass is 507 g/mol. The lowest BCUT2D eigenvalue weighted by Crippen LogP contribution is -2.46. The number of methoxy groups -OCH3 is 2. The molecule has 37 heavy (non-hydrogen) atoms. The second kappa shape index (κ2) is 11.6. The molecule has 0 saturated carbocycles. The number of rotatable bonds is 9. The van der Waals surface area contributed by atoms with Crippen LogP contribution in [0.2, 0.25) is 0 Å². The van der Waals surface area contributed by atoms with Gasteiger partial charge in [-0.05, 0) is 36.4 Å². The summed E-state index contributed by atoms with van der Waals surface area (Å²) in [6.45, 7) is 3.69. The molecule has 3 aromatic rings. The zero-order valence-corrected chi connectivity index (χ0v) is 20.8. The number of carbonyl (C=O) groups excluding carboxylic acids is 1. The number of nitrogens with zero attached hydrogens (tertiary/aromatic N) is 4. The largest absolute Gasteiger partial charge is 0.497 e. The smallest absolute Gasteiger partial charge is 0.269 e. The van der Waals surface area contributed by atoms with Gasteiger partial charge in [0.1, 0.15) is 12.3 Å². The maximum Gasteiger partial charge on any atom is 0.269 e. The van der Waals surface area contributed by atoms with Crippen LogP contribution in [0.1, 0.15) is 5.69 Å². The van der Waals surface area contributed by atoms with Crippen molar-refractivity contribution in [1.82, 2.24) is 9.47 Å². The van der Waals surface area contributed by atoms with E-state index in [0.717, 1.165) is 37.6 Å². The molecule has 1 fully saturated rings. The van der Waals surface area contributed by atoms with Gasteiger partial charge in [-0.1, -0.05) is 0 Å². The van der Waals surface area contributed by atoms with Crippen LogP contribution >= 0.6 is 0 Å². The summed E-state index contributed by atoms with van der Waals surface area (Å²) in [7, 11) is 3.06. The highest BCUT2D eigenvalue weighted by Crippen LogP contribution is 2.21. The van der Waals surface area contributed by atoms with Gasteiger partial charge in [0.05, 0.1) is 25.3 Å². The van der Waals surface area contributed by atoms with Crippen molar-refractivity contribution >= 4 is 23.0 Å². The van der Waals surface area contributed by atoms with Crippen LogP contribution in [0, 0.1) is 10.1 Å². The minimum Gasteiger partial charge on any atom is -0.497 e. The number of hydrogen-bond acceptors (Lipinski definition) is 8. The van der Waals surface area contributed by atoms with E-state index < -0.39 is 4.92 Å². The third-order valence-electron chi connectivity index (χ3n) is 6.27. The molecule has 11 heteroatoms. The summed E-state index contributed by atoms with van der Waals surface area (Å²) >= 11 is 0. The van der Waals surface area contributed by atoms with E-state index >= 15 is 0 Å². The molecule has 2 aromatic carbocycles. The van der Waals surface area contributed by atoms with E-state index in [-0.39, 0.29) is 29.3 Å². The molecule has 1 aliphatic heterocycles. The van der Waals surface area contributed by atoms with E-state index in [2.05, 4.69) is 15.1 Å². The van der Waals surface area contributed by atoms with Crippen molar-refractivity contribution < 1.29 is 19.2 Å². The van der Waals surface area contributed by atoms with Gasteiger partial charge in [0.2, 0.25) is 11.3 Å². The zero-order valence-electron chi connectivity index (χ0n) is 20.8. The fourth-order valence-corrected chi connectivity index (χ4v) is 4.24.